The van der Waals surface area contributed by atoms with Gasteiger partial charge in [-0.05, 0) is 42.8 Å². The topological polar surface area (TPSA) is 74.7 Å². The predicted octanol–water partition coefficient (Wildman–Crippen LogP) is 5.05. The highest BCUT2D eigenvalue weighted by molar-refractivity contribution is 5.93. The molecule has 0 atom stereocenters. The number of benzene rings is 3. The fourth-order valence-corrected chi connectivity index (χ4v) is 3.53. The van der Waals surface area contributed by atoms with Crippen LogP contribution in [0.3, 0.4) is 0 Å². The van der Waals surface area contributed by atoms with E-state index in [9.17, 15) is 0 Å². The summed E-state index contributed by atoms with van der Waals surface area (Å²) in [7, 11) is 0. The zero-order valence-electron chi connectivity index (χ0n) is 18.4. The Morgan fingerprint density at radius 3 is 2.33 bits per heavy atom. The van der Waals surface area contributed by atoms with E-state index in [-0.39, 0.29) is 0 Å². The van der Waals surface area contributed by atoms with Crippen molar-refractivity contribution in [3.8, 4) is 17.2 Å². The van der Waals surface area contributed by atoms with Crippen LogP contribution in [0.2, 0.25) is 0 Å². The second-order valence-corrected chi connectivity index (χ2v) is 7.77. The van der Waals surface area contributed by atoms with E-state index in [0.29, 0.717) is 50.4 Å². The number of nitrogens with zero attached hydrogens (tertiary/aromatic N) is 2. The average Bonchev–Trinajstić information content (AvgIpc) is 2.95. The van der Waals surface area contributed by atoms with Crippen LogP contribution in [0.25, 0.3) is 10.9 Å². The molecule has 0 fully saturated rings. The van der Waals surface area contributed by atoms with E-state index in [1.165, 1.54) is 11.9 Å². The van der Waals surface area contributed by atoms with Crippen LogP contribution < -0.4 is 19.5 Å². The van der Waals surface area contributed by atoms with Gasteiger partial charge in [0.15, 0.2) is 11.5 Å². The number of aryl methyl sites for hydroxylation is 1. The van der Waals surface area contributed by atoms with Gasteiger partial charge in [0.1, 0.15) is 37.7 Å². The smallest absolute Gasteiger partial charge is 0.163 e. The summed E-state index contributed by atoms with van der Waals surface area (Å²) >= 11 is 0. The van der Waals surface area contributed by atoms with Gasteiger partial charge in [0.05, 0.1) is 18.7 Å². The third-order valence-electron chi connectivity index (χ3n) is 5.31. The first-order valence-electron chi connectivity index (χ1n) is 10.9. The van der Waals surface area contributed by atoms with Crippen molar-refractivity contribution in [2.24, 2.45) is 0 Å². The van der Waals surface area contributed by atoms with E-state index in [1.54, 1.807) is 0 Å². The molecule has 5 rings (SSSR count). The van der Waals surface area contributed by atoms with Crippen LogP contribution in [-0.4, -0.2) is 36.4 Å². The first-order valence-corrected chi connectivity index (χ1v) is 10.9. The Bertz CT molecular complexity index is 1230. The number of aromatic nitrogens is 2. The van der Waals surface area contributed by atoms with E-state index in [0.717, 1.165) is 27.9 Å². The van der Waals surface area contributed by atoms with E-state index in [1.807, 2.05) is 36.4 Å². The largest absolute Gasteiger partial charge is 0.489 e. The summed E-state index contributed by atoms with van der Waals surface area (Å²) in [6.07, 6.45) is 1.54. The average molecular weight is 444 g/mol. The molecule has 0 amide bonds. The van der Waals surface area contributed by atoms with Crippen LogP contribution in [0.15, 0.2) is 67.0 Å². The van der Waals surface area contributed by atoms with Crippen LogP contribution in [0.5, 0.6) is 17.2 Å². The fraction of sp³-hybridized carbons (Fsp3) is 0.231. The zero-order valence-corrected chi connectivity index (χ0v) is 18.4. The summed E-state index contributed by atoms with van der Waals surface area (Å²) in [6.45, 7) is 4.59. The lowest BCUT2D eigenvalue weighted by Crippen LogP contribution is -2.08. The van der Waals surface area contributed by atoms with Gasteiger partial charge in [-0.15, -0.1) is 0 Å². The van der Waals surface area contributed by atoms with E-state index < -0.39 is 0 Å². The Labute approximate surface area is 192 Å². The van der Waals surface area contributed by atoms with Gasteiger partial charge in [0.2, 0.25) is 0 Å². The van der Waals surface area contributed by atoms with Crippen LogP contribution in [0.1, 0.15) is 11.1 Å². The highest BCUT2D eigenvalue weighted by Crippen LogP contribution is 2.35. The van der Waals surface area contributed by atoms with Gasteiger partial charge < -0.3 is 24.3 Å². The highest BCUT2D eigenvalue weighted by Gasteiger charge is 2.14. The zero-order chi connectivity index (χ0) is 22.5. The first kappa shape index (κ1) is 21.0. The number of rotatable bonds is 5. The van der Waals surface area contributed by atoms with Crippen LogP contribution in [-0.2, 0) is 11.3 Å². The molecule has 0 aliphatic carbocycles. The molecule has 0 bridgehead atoms. The third kappa shape index (κ3) is 5.15. The minimum atomic E-state index is 0.461. The van der Waals surface area contributed by atoms with E-state index in [2.05, 4.69) is 46.5 Å². The Balaban J connectivity index is 1.32. The molecule has 1 aliphatic rings. The molecule has 7 heteroatoms. The fourth-order valence-electron chi connectivity index (χ4n) is 3.53. The van der Waals surface area contributed by atoms with Crippen molar-refractivity contribution in [2.45, 2.75) is 13.5 Å². The number of fused-ring (bicyclic) bond motifs is 2. The third-order valence-corrected chi connectivity index (χ3v) is 5.31. The van der Waals surface area contributed by atoms with Crippen LogP contribution in [0, 0.1) is 6.92 Å². The van der Waals surface area contributed by atoms with Crippen LogP contribution >= 0.6 is 0 Å². The molecule has 0 radical (unpaired) electrons. The molecule has 1 aromatic heterocycles. The molecule has 168 valence electrons. The molecule has 4 aromatic rings. The summed E-state index contributed by atoms with van der Waals surface area (Å²) in [5, 5.41) is 4.22. The lowest BCUT2D eigenvalue weighted by atomic mass is 10.2. The number of nitrogens with one attached hydrogen (secondary N) is 1. The minimum absolute atomic E-state index is 0.461. The molecular formula is C26H25N3O4. The quantitative estimate of drug-likeness (QED) is 0.463. The van der Waals surface area contributed by atoms with Crippen molar-refractivity contribution in [1.29, 1.82) is 0 Å². The molecular weight excluding hydrogens is 418 g/mol. The normalized spacial score (nSPS) is 13.6. The summed E-state index contributed by atoms with van der Waals surface area (Å²) in [4.78, 5) is 8.85. The second-order valence-electron chi connectivity index (χ2n) is 7.77. The van der Waals surface area contributed by atoms with Gasteiger partial charge in [-0.1, -0.05) is 29.8 Å². The first-order chi connectivity index (χ1) is 16.2. The van der Waals surface area contributed by atoms with Gasteiger partial charge >= 0.3 is 0 Å². The lowest BCUT2D eigenvalue weighted by molar-refractivity contribution is 0.0877. The van der Waals surface area contributed by atoms with Crippen molar-refractivity contribution in [2.75, 3.05) is 31.7 Å². The maximum absolute atomic E-state index is 5.91. The Hall–Kier alpha value is -3.84. The van der Waals surface area contributed by atoms with Crippen molar-refractivity contribution in [3.63, 3.8) is 0 Å². The summed E-state index contributed by atoms with van der Waals surface area (Å²) in [5.41, 5.74) is 4.04. The molecule has 0 spiro atoms. The summed E-state index contributed by atoms with van der Waals surface area (Å²) in [6, 6.07) is 19.9. The number of hydrogen-bond acceptors (Lipinski definition) is 7. The van der Waals surface area contributed by atoms with Crippen molar-refractivity contribution in [3.05, 3.63) is 78.1 Å². The Morgan fingerprint density at radius 2 is 1.58 bits per heavy atom. The van der Waals surface area contributed by atoms with Gasteiger partial charge in [-0.3, -0.25) is 0 Å². The molecule has 7 nitrogen and oxygen atoms in total. The maximum atomic E-state index is 5.91. The van der Waals surface area contributed by atoms with Crippen molar-refractivity contribution in [1.82, 2.24) is 9.97 Å². The van der Waals surface area contributed by atoms with E-state index >= 15 is 0 Å². The summed E-state index contributed by atoms with van der Waals surface area (Å²) in [5.74, 6) is 2.81. The molecule has 1 aliphatic heterocycles. The standard InChI is InChI=1S/C26H25N3O4/c1-18-2-4-19(5-3-18)16-33-21-8-6-20(7-9-21)29-26-22-14-24-25(15-23(22)27-17-28-26)32-13-11-30-10-12-31-24/h2-9,14-15,17H,10-13,16H2,1H3,(H,27,28,29). The molecule has 0 unspecified atom stereocenters. The van der Waals surface area contributed by atoms with Gasteiger partial charge in [-0.25, -0.2) is 9.97 Å². The number of hydrogen-bond donors (Lipinski definition) is 1. The molecule has 0 saturated carbocycles. The molecule has 1 N–H and O–H groups in total. The number of anilines is 2. The molecule has 33 heavy (non-hydrogen) atoms. The molecule has 0 saturated heterocycles. The van der Waals surface area contributed by atoms with Gasteiger partial charge in [0.25, 0.3) is 0 Å². The Kier molecular flexibility index (Phi) is 6.21. The SMILES string of the molecule is Cc1ccc(COc2ccc(Nc3ncnc4cc5c(cc34)OCCOCCO5)cc2)cc1. The van der Waals surface area contributed by atoms with E-state index in [4.69, 9.17) is 18.9 Å². The second kappa shape index (κ2) is 9.75. The molecule has 3 aromatic carbocycles. The maximum Gasteiger partial charge on any atom is 0.163 e. The highest BCUT2D eigenvalue weighted by atomic mass is 16.6. The minimum Gasteiger partial charge on any atom is -0.489 e. The Morgan fingerprint density at radius 1 is 0.848 bits per heavy atom. The molecule has 2 heterocycles. The monoisotopic (exact) mass is 443 g/mol. The van der Waals surface area contributed by atoms with Crippen molar-refractivity contribution >= 4 is 22.4 Å². The number of ether oxygens (including phenoxy) is 4. The van der Waals surface area contributed by atoms with Gasteiger partial charge in [-0.2, -0.15) is 0 Å². The lowest BCUT2D eigenvalue weighted by Gasteiger charge is -2.14. The van der Waals surface area contributed by atoms with Gasteiger partial charge in [0, 0.05) is 17.1 Å². The summed E-state index contributed by atoms with van der Waals surface area (Å²) < 4.78 is 23.0. The predicted molar refractivity (Wildman–Crippen MR) is 127 cm³/mol. The van der Waals surface area contributed by atoms with Crippen LogP contribution in [0.4, 0.5) is 11.5 Å². The van der Waals surface area contributed by atoms with Crippen molar-refractivity contribution < 1.29 is 18.9 Å².